The first-order valence-electron chi connectivity index (χ1n) is 9.31. The average molecular weight is 330 g/mol. The predicted molar refractivity (Wildman–Crippen MR) is 98.9 cm³/mol. The van der Waals surface area contributed by atoms with E-state index in [0.717, 1.165) is 30.0 Å². The molecule has 1 aromatic carbocycles. The van der Waals surface area contributed by atoms with Gasteiger partial charge >= 0.3 is 7.12 Å². The summed E-state index contributed by atoms with van der Waals surface area (Å²) in [5.41, 5.74) is 1.55. The predicted octanol–water partition coefficient (Wildman–Crippen LogP) is 4.25. The molecule has 1 heterocycles. The summed E-state index contributed by atoms with van der Waals surface area (Å²) in [7, 11) is -0.367. The first-order chi connectivity index (χ1) is 11.2. The van der Waals surface area contributed by atoms with Crippen molar-refractivity contribution in [3.05, 3.63) is 23.8 Å². The lowest BCUT2D eigenvalue weighted by Crippen LogP contribution is -2.41. The lowest BCUT2D eigenvalue weighted by atomic mass is 9.78. The Bertz CT molecular complexity index is 573. The van der Waals surface area contributed by atoms with Crippen molar-refractivity contribution in [1.29, 1.82) is 0 Å². The van der Waals surface area contributed by atoms with Gasteiger partial charge in [0, 0.05) is 5.46 Å². The van der Waals surface area contributed by atoms with Gasteiger partial charge < -0.3 is 14.0 Å². The molecule has 3 rings (SSSR count). The maximum absolute atomic E-state index is 6.40. The van der Waals surface area contributed by atoms with Gasteiger partial charge in [-0.15, -0.1) is 0 Å². The fourth-order valence-electron chi connectivity index (χ4n) is 3.44. The molecule has 24 heavy (non-hydrogen) atoms. The van der Waals surface area contributed by atoms with Gasteiger partial charge in [0.2, 0.25) is 0 Å². The molecule has 1 saturated heterocycles. The highest BCUT2D eigenvalue weighted by atomic mass is 16.7. The van der Waals surface area contributed by atoms with Crippen LogP contribution in [0.5, 0.6) is 5.75 Å². The number of hydrogen-bond acceptors (Lipinski definition) is 3. The highest BCUT2D eigenvalue weighted by Gasteiger charge is 2.52. The van der Waals surface area contributed by atoms with Crippen LogP contribution in [0.3, 0.4) is 0 Å². The van der Waals surface area contributed by atoms with Crippen LogP contribution in [0.25, 0.3) is 0 Å². The number of rotatable bonds is 3. The summed E-state index contributed by atoms with van der Waals surface area (Å²) < 4.78 is 18.9. The smallest absolute Gasteiger partial charge is 0.491 e. The Morgan fingerprint density at radius 3 is 2.17 bits per heavy atom. The molecule has 1 saturated carbocycles. The second-order valence-corrected chi connectivity index (χ2v) is 8.63. The minimum absolute atomic E-state index is 0.309. The lowest BCUT2D eigenvalue weighted by molar-refractivity contribution is 0.00578. The van der Waals surface area contributed by atoms with E-state index in [1.54, 1.807) is 0 Å². The van der Waals surface area contributed by atoms with E-state index in [1.807, 2.05) is 0 Å². The molecular formula is C20H31BO3. The Balaban J connectivity index is 1.82. The molecule has 0 bridgehead atoms. The van der Waals surface area contributed by atoms with E-state index in [9.17, 15) is 0 Å². The van der Waals surface area contributed by atoms with Gasteiger partial charge in [0.1, 0.15) is 5.75 Å². The van der Waals surface area contributed by atoms with Crippen molar-refractivity contribution in [2.45, 2.75) is 84.5 Å². The van der Waals surface area contributed by atoms with Crippen molar-refractivity contribution in [2.24, 2.45) is 5.92 Å². The van der Waals surface area contributed by atoms with Gasteiger partial charge in [-0.25, -0.2) is 0 Å². The minimum Gasteiger partial charge on any atom is -0.491 e. The van der Waals surface area contributed by atoms with Gasteiger partial charge in [0.15, 0.2) is 0 Å². The number of benzene rings is 1. The van der Waals surface area contributed by atoms with E-state index in [-0.39, 0.29) is 18.3 Å². The van der Waals surface area contributed by atoms with Crippen molar-refractivity contribution in [1.82, 2.24) is 0 Å². The van der Waals surface area contributed by atoms with Crippen molar-refractivity contribution < 1.29 is 14.0 Å². The minimum atomic E-state index is -0.367. The quantitative estimate of drug-likeness (QED) is 0.776. The second-order valence-electron chi connectivity index (χ2n) is 8.63. The van der Waals surface area contributed by atoms with Crippen molar-refractivity contribution in [2.75, 3.05) is 0 Å². The van der Waals surface area contributed by atoms with E-state index >= 15 is 0 Å². The third kappa shape index (κ3) is 3.50. The van der Waals surface area contributed by atoms with Crippen molar-refractivity contribution >= 4 is 12.6 Å². The number of aryl methyl sites for hydroxylation is 1. The van der Waals surface area contributed by atoms with Crippen molar-refractivity contribution in [3.63, 3.8) is 0 Å². The maximum Gasteiger partial charge on any atom is 0.498 e. The first kappa shape index (κ1) is 17.8. The summed E-state index contributed by atoms with van der Waals surface area (Å²) >= 11 is 0. The fraction of sp³-hybridized carbons (Fsp3) is 0.700. The van der Waals surface area contributed by atoms with Crippen LogP contribution in [-0.4, -0.2) is 24.4 Å². The standard InChI is InChI=1S/C20H31BO3/c1-14-7-10-16(11-8-14)22-18-13-15(2)9-12-17(18)21-23-19(3,4)20(5,6)24-21/h9,12-14,16H,7-8,10-11H2,1-6H3. The average Bonchev–Trinajstić information content (AvgIpc) is 2.70. The van der Waals surface area contributed by atoms with Gasteiger partial charge in [0.25, 0.3) is 0 Å². The summed E-state index contributed by atoms with van der Waals surface area (Å²) in [5, 5.41) is 0. The third-order valence-corrected chi connectivity index (χ3v) is 5.93. The van der Waals surface area contributed by atoms with Crippen molar-refractivity contribution in [3.8, 4) is 5.75 Å². The fourth-order valence-corrected chi connectivity index (χ4v) is 3.44. The van der Waals surface area contributed by atoms with Crippen LogP contribution in [0, 0.1) is 12.8 Å². The molecule has 1 aromatic rings. The Morgan fingerprint density at radius 2 is 1.58 bits per heavy atom. The number of ether oxygens (including phenoxy) is 1. The summed E-state index contributed by atoms with van der Waals surface area (Å²) in [4.78, 5) is 0. The van der Waals surface area contributed by atoms with Crippen LogP contribution >= 0.6 is 0 Å². The summed E-state index contributed by atoms with van der Waals surface area (Å²) in [6, 6.07) is 6.33. The molecule has 3 nitrogen and oxygen atoms in total. The zero-order valence-corrected chi connectivity index (χ0v) is 16.0. The lowest BCUT2D eigenvalue weighted by Gasteiger charge is -2.32. The SMILES string of the molecule is Cc1ccc(B2OC(C)(C)C(C)(C)O2)c(OC2CCC(C)CC2)c1. The zero-order chi connectivity index (χ0) is 17.5. The molecule has 132 valence electrons. The van der Waals surface area contributed by atoms with Gasteiger partial charge in [-0.2, -0.15) is 0 Å². The first-order valence-corrected chi connectivity index (χ1v) is 9.31. The van der Waals surface area contributed by atoms with Crippen LogP contribution in [0.2, 0.25) is 0 Å². The molecule has 0 spiro atoms. The largest absolute Gasteiger partial charge is 0.498 e. The molecule has 1 aliphatic carbocycles. The molecule has 0 amide bonds. The zero-order valence-electron chi connectivity index (χ0n) is 16.0. The van der Waals surface area contributed by atoms with Gasteiger partial charge in [-0.3, -0.25) is 0 Å². The Morgan fingerprint density at radius 1 is 1.00 bits per heavy atom. The molecule has 2 aliphatic rings. The molecule has 0 aromatic heterocycles. The van der Waals surface area contributed by atoms with E-state index in [2.05, 4.69) is 59.7 Å². The molecule has 2 fully saturated rings. The molecule has 4 heteroatoms. The van der Waals surface area contributed by atoms with E-state index in [4.69, 9.17) is 14.0 Å². The monoisotopic (exact) mass is 330 g/mol. The van der Waals surface area contributed by atoms with Crippen LogP contribution in [0.1, 0.15) is 65.9 Å². The molecule has 0 radical (unpaired) electrons. The third-order valence-electron chi connectivity index (χ3n) is 5.93. The topological polar surface area (TPSA) is 27.7 Å². The highest BCUT2D eigenvalue weighted by molar-refractivity contribution is 6.63. The Hall–Kier alpha value is -0.995. The van der Waals surface area contributed by atoms with E-state index in [1.165, 1.54) is 18.4 Å². The van der Waals surface area contributed by atoms with Crippen LogP contribution in [0.15, 0.2) is 18.2 Å². The van der Waals surface area contributed by atoms with Crippen LogP contribution in [-0.2, 0) is 9.31 Å². The summed E-state index contributed by atoms with van der Waals surface area (Å²) in [5.74, 6) is 1.75. The van der Waals surface area contributed by atoms with Crippen LogP contribution in [0.4, 0.5) is 0 Å². The summed E-state index contributed by atoms with van der Waals surface area (Å²) in [6.45, 7) is 12.8. The Labute approximate surface area is 147 Å². The van der Waals surface area contributed by atoms with Crippen LogP contribution < -0.4 is 10.2 Å². The maximum atomic E-state index is 6.40. The van der Waals surface area contributed by atoms with E-state index < -0.39 is 0 Å². The molecule has 1 aliphatic heterocycles. The number of hydrogen-bond donors (Lipinski definition) is 0. The van der Waals surface area contributed by atoms with Gasteiger partial charge in [0.05, 0.1) is 17.3 Å². The second kappa shape index (κ2) is 6.38. The highest BCUT2D eigenvalue weighted by Crippen LogP contribution is 2.37. The summed E-state index contributed by atoms with van der Waals surface area (Å²) in [6.07, 6.45) is 5.09. The molecule has 0 N–H and O–H groups in total. The molecule has 0 unspecified atom stereocenters. The molecular weight excluding hydrogens is 299 g/mol. The Kier molecular flexibility index (Phi) is 4.74. The normalized spacial score (nSPS) is 28.8. The van der Waals surface area contributed by atoms with Gasteiger partial charge in [-0.05, 0) is 77.8 Å². The van der Waals surface area contributed by atoms with Gasteiger partial charge in [-0.1, -0.05) is 19.1 Å². The van der Waals surface area contributed by atoms with E-state index in [0.29, 0.717) is 6.10 Å². The molecule has 0 atom stereocenters.